The van der Waals surface area contributed by atoms with E-state index in [1.165, 1.54) is 10.8 Å². The molecule has 0 saturated heterocycles. The topological polar surface area (TPSA) is 17.1 Å². The zero-order valence-corrected chi connectivity index (χ0v) is 16.5. The van der Waals surface area contributed by atoms with Crippen LogP contribution in [0.1, 0.15) is 11.1 Å². The first-order chi connectivity index (χ1) is 11.6. The predicted octanol–water partition coefficient (Wildman–Crippen LogP) is 6.68. The van der Waals surface area contributed by atoms with Crippen molar-refractivity contribution in [2.45, 2.75) is 0 Å². The van der Waals surface area contributed by atoms with Crippen LogP contribution in [-0.2, 0) is 4.57 Å². The average Bonchev–Trinajstić information content (AvgIpc) is 3.06. The van der Waals surface area contributed by atoms with Gasteiger partial charge in [0.2, 0.25) is 0 Å². The van der Waals surface area contributed by atoms with Gasteiger partial charge in [0.05, 0.1) is 8.45 Å². The standard InChI is InChI=1S/C20H11Br2OP/c21-19-17-14-10-4-6-12-7-5-11-15(16(12)14)18(17)20(22)24(19,23)13-8-2-1-3-9-13/h1-11H. The number of allylic oxidation sites excluding steroid dienone is 2. The maximum Gasteiger partial charge on any atom is 0.185 e. The van der Waals surface area contributed by atoms with Crippen molar-refractivity contribution in [3.63, 3.8) is 0 Å². The Labute approximate surface area is 156 Å². The van der Waals surface area contributed by atoms with Gasteiger partial charge in [-0.1, -0.05) is 66.7 Å². The van der Waals surface area contributed by atoms with Crippen LogP contribution in [0.5, 0.6) is 0 Å². The molecule has 3 aromatic rings. The Morgan fingerprint density at radius 3 is 1.75 bits per heavy atom. The highest BCUT2D eigenvalue weighted by Crippen LogP contribution is 2.75. The van der Waals surface area contributed by atoms with Gasteiger partial charge < -0.3 is 4.57 Å². The molecule has 0 bridgehead atoms. The van der Waals surface area contributed by atoms with E-state index < -0.39 is 7.14 Å². The van der Waals surface area contributed by atoms with Gasteiger partial charge >= 0.3 is 0 Å². The SMILES string of the molecule is O=P1(c2ccccc2)C(Br)=C2C(=C1Br)c1cccc3cccc2c13. The molecule has 0 unspecified atom stereocenters. The van der Waals surface area contributed by atoms with Crippen molar-refractivity contribution in [1.29, 1.82) is 0 Å². The Kier molecular flexibility index (Phi) is 3.13. The van der Waals surface area contributed by atoms with E-state index in [4.69, 9.17) is 0 Å². The summed E-state index contributed by atoms with van der Waals surface area (Å²) in [6, 6.07) is 22.3. The number of rotatable bonds is 1. The van der Waals surface area contributed by atoms with E-state index in [0.29, 0.717) is 0 Å². The van der Waals surface area contributed by atoms with Gasteiger partial charge in [0, 0.05) is 16.5 Å². The molecule has 4 heteroatoms. The van der Waals surface area contributed by atoms with Crippen LogP contribution in [0.15, 0.2) is 75.2 Å². The summed E-state index contributed by atoms with van der Waals surface area (Å²) in [5, 5.41) is 3.32. The third kappa shape index (κ3) is 1.68. The van der Waals surface area contributed by atoms with E-state index in [9.17, 15) is 4.57 Å². The maximum atomic E-state index is 14.0. The molecule has 1 aliphatic carbocycles. The molecule has 0 saturated carbocycles. The molecule has 1 nitrogen and oxygen atoms in total. The lowest BCUT2D eigenvalue weighted by molar-refractivity contribution is 0.591. The molecule has 1 aliphatic heterocycles. The molecule has 5 rings (SSSR count). The zero-order chi connectivity index (χ0) is 16.5. The molecule has 0 fully saturated rings. The summed E-state index contributed by atoms with van der Waals surface area (Å²) in [6.07, 6.45) is 0. The van der Waals surface area contributed by atoms with Gasteiger partial charge in [-0.3, -0.25) is 0 Å². The third-order valence-electron chi connectivity index (χ3n) is 4.78. The maximum absolute atomic E-state index is 14.0. The number of hydrogen-bond donors (Lipinski definition) is 0. The first-order valence-electron chi connectivity index (χ1n) is 7.63. The van der Waals surface area contributed by atoms with Gasteiger partial charge in [-0.15, -0.1) is 0 Å². The van der Waals surface area contributed by atoms with Crippen molar-refractivity contribution in [2.24, 2.45) is 0 Å². The molecule has 0 amide bonds. The van der Waals surface area contributed by atoms with E-state index in [1.807, 2.05) is 30.3 Å². The number of hydrogen-bond acceptors (Lipinski definition) is 1. The highest BCUT2D eigenvalue weighted by atomic mass is 79.9. The highest BCUT2D eigenvalue weighted by Gasteiger charge is 2.46. The van der Waals surface area contributed by atoms with Crippen LogP contribution < -0.4 is 5.30 Å². The van der Waals surface area contributed by atoms with Gasteiger partial charge in [0.25, 0.3) is 0 Å². The minimum Gasteiger partial charge on any atom is -0.307 e. The van der Waals surface area contributed by atoms with Crippen LogP contribution >= 0.6 is 39.0 Å². The van der Waals surface area contributed by atoms with Crippen LogP contribution in [0.25, 0.3) is 21.9 Å². The van der Waals surface area contributed by atoms with Crippen molar-refractivity contribution in [3.8, 4) is 0 Å². The van der Waals surface area contributed by atoms with Gasteiger partial charge in [-0.2, -0.15) is 0 Å². The lowest BCUT2D eigenvalue weighted by atomic mass is 10.0. The van der Waals surface area contributed by atoms with Crippen LogP contribution in [0.3, 0.4) is 0 Å². The zero-order valence-electron chi connectivity index (χ0n) is 12.5. The van der Waals surface area contributed by atoms with E-state index in [0.717, 1.165) is 36.0 Å². The second-order valence-corrected chi connectivity index (χ2v) is 11.4. The van der Waals surface area contributed by atoms with Crippen molar-refractivity contribution >= 4 is 66.2 Å². The van der Waals surface area contributed by atoms with Crippen LogP contribution in [0.4, 0.5) is 0 Å². The van der Waals surface area contributed by atoms with Crippen LogP contribution in [0, 0.1) is 0 Å². The van der Waals surface area contributed by atoms with Gasteiger partial charge in [0.1, 0.15) is 0 Å². The second kappa shape index (κ2) is 5.05. The fourth-order valence-electron chi connectivity index (χ4n) is 3.72. The van der Waals surface area contributed by atoms with Crippen molar-refractivity contribution in [3.05, 3.63) is 86.3 Å². The summed E-state index contributed by atoms with van der Waals surface area (Å²) >= 11 is 7.43. The monoisotopic (exact) mass is 456 g/mol. The van der Waals surface area contributed by atoms with Gasteiger partial charge in [-0.05, 0) is 53.8 Å². The second-order valence-electron chi connectivity index (χ2n) is 5.99. The summed E-state index contributed by atoms with van der Waals surface area (Å²) in [4.78, 5) is 0. The van der Waals surface area contributed by atoms with Crippen molar-refractivity contribution < 1.29 is 4.57 Å². The molecular formula is C20H11Br2OP. The number of halogens is 2. The molecule has 3 aromatic carbocycles. The summed E-state index contributed by atoms with van der Waals surface area (Å²) in [5.41, 5.74) is 4.47. The average molecular weight is 458 g/mol. The minimum absolute atomic E-state index is 0.798. The number of fused-ring (bicyclic) bond motifs is 3. The first kappa shape index (κ1) is 14.9. The fourth-order valence-corrected chi connectivity index (χ4v) is 9.86. The normalized spacial score (nSPS) is 17.8. The Morgan fingerprint density at radius 2 is 1.21 bits per heavy atom. The van der Waals surface area contributed by atoms with E-state index in [2.05, 4.69) is 68.3 Å². The Balaban J connectivity index is 1.92. The van der Waals surface area contributed by atoms with Gasteiger partial charge in [-0.25, -0.2) is 0 Å². The summed E-state index contributed by atoms with van der Waals surface area (Å²) in [6.45, 7) is 0. The molecule has 0 spiro atoms. The molecule has 1 heterocycles. The Morgan fingerprint density at radius 1 is 0.667 bits per heavy atom. The van der Waals surface area contributed by atoms with Gasteiger partial charge in [0.15, 0.2) is 7.14 Å². The predicted molar refractivity (Wildman–Crippen MR) is 109 cm³/mol. The largest absolute Gasteiger partial charge is 0.307 e. The van der Waals surface area contributed by atoms with Crippen LogP contribution in [-0.4, -0.2) is 0 Å². The van der Waals surface area contributed by atoms with E-state index in [-0.39, 0.29) is 0 Å². The molecule has 0 atom stereocenters. The minimum atomic E-state index is -2.85. The highest BCUT2D eigenvalue weighted by molar-refractivity contribution is 9.15. The van der Waals surface area contributed by atoms with E-state index in [1.54, 1.807) is 0 Å². The van der Waals surface area contributed by atoms with E-state index >= 15 is 0 Å². The molecule has 24 heavy (non-hydrogen) atoms. The molecule has 2 aliphatic rings. The van der Waals surface area contributed by atoms with Crippen molar-refractivity contribution in [1.82, 2.24) is 0 Å². The summed E-state index contributed by atoms with van der Waals surface area (Å²) in [7, 11) is -2.85. The lowest BCUT2D eigenvalue weighted by Gasteiger charge is -2.15. The first-order valence-corrected chi connectivity index (χ1v) is 10.9. The molecule has 0 radical (unpaired) electrons. The summed E-state index contributed by atoms with van der Waals surface area (Å²) in [5.74, 6) is 0. The smallest absolute Gasteiger partial charge is 0.185 e. The molecule has 0 aromatic heterocycles. The summed E-state index contributed by atoms with van der Waals surface area (Å²) < 4.78 is 15.6. The number of benzene rings is 3. The Hall–Kier alpha value is -1.41. The quantitative estimate of drug-likeness (QED) is 0.372. The third-order valence-corrected chi connectivity index (χ3v) is 11.1. The Bertz CT molecular complexity index is 1080. The van der Waals surface area contributed by atoms with Crippen molar-refractivity contribution in [2.75, 3.05) is 0 Å². The lowest BCUT2D eigenvalue weighted by Crippen LogP contribution is -2.02. The molecule has 0 N–H and O–H groups in total. The van der Waals surface area contributed by atoms with Crippen LogP contribution in [0.2, 0.25) is 0 Å². The molecular weight excluding hydrogens is 447 g/mol. The fraction of sp³-hybridized carbons (Fsp3) is 0. The molecule has 116 valence electrons.